The van der Waals surface area contributed by atoms with Crippen molar-refractivity contribution < 1.29 is 9.72 Å². The van der Waals surface area contributed by atoms with Gasteiger partial charge < -0.3 is 9.88 Å². The van der Waals surface area contributed by atoms with Gasteiger partial charge in [-0.05, 0) is 38.0 Å². The van der Waals surface area contributed by atoms with E-state index in [-0.39, 0.29) is 23.0 Å². The summed E-state index contributed by atoms with van der Waals surface area (Å²) in [6.45, 7) is 6.28. The minimum Gasteiger partial charge on any atom is -0.320 e. The highest BCUT2D eigenvalue weighted by Gasteiger charge is 2.19. The van der Waals surface area contributed by atoms with Gasteiger partial charge in [-0.1, -0.05) is 42.1 Å². The van der Waals surface area contributed by atoms with Crippen LogP contribution in [0.5, 0.6) is 0 Å². The van der Waals surface area contributed by atoms with E-state index in [1.54, 1.807) is 13.0 Å². The fraction of sp³-hybridized carbons (Fsp3) is 0.250. The van der Waals surface area contributed by atoms with Crippen LogP contribution in [0.3, 0.4) is 0 Å². The normalized spacial score (nSPS) is 10.7. The van der Waals surface area contributed by atoms with E-state index in [0.717, 1.165) is 22.5 Å². The predicted octanol–water partition coefficient (Wildman–Crippen LogP) is 4.22. The molecule has 1 heterocycles. The Bertz CT molecular complexity index is 1050. The number of aryl methyl sites for hydroxylation is 2. The molecule has 1 N–H and O–H groups in total. The fourth-order valence-corrected chi connectivity index (χ4v) is 3.65. The molecule has 0 saturated heterocycles. The molecular formula is C20H21N5O3S. The number of amides is 1. The molecule has 0 aliphatic heterocycles. The molecule has 0 saturated carbocycles. The van der Waals surface area contributed by atoms with Crippen LogP contribution in [0, 0.1) is 24.0 Å². The highest BCUT2D eigenvalue weighted by Crippen LogP contribution is 2.29. The smallest absolute Gasteiger partial charge is 0.293 e. The van der Waals surface area contributed by atoms with Gasteiger partial charge in [-0.3, -0.25) is 14.9 Å². The van der Waals surface area contributed by atoms with Crippen LogP contribution in [-0.4, -0.2) is 31.3 Å². The van der Waals surface area contributed by atoms with Crippen LogP contribution in [0.15, 0.2) is 47.6 Å². The summed E-state index contributed by atoms with van der Waals surface area (Å²) >= 11 is 1.24. The molecule has 1 aromatic heterocycles. The van der Waals surface area contributed by atoms with Crippen LogP contribution >= 0.6 is 11.8 Å². The zero-order chi connectivity index (χ0) is 21.0. The van der Waals surface area contributed by atoms with Crippen LogP contribution in [0.25, 0.3) is 11.4 Å². The van der Waals surface area contributed by atoms with E-state index in [1.807, 2.05) is 48.7 Å². The summed E-state index contributed by atoms with van der Waals surface area (Å²) in [7, 11) is 0. The van der Waals surface area contributed by atoms with Gasteiger partial charge in [-0.25, -0.2) is 0 Å². The fourth-order valence-electron chi connectivity index (χ4n) is 2.85. The van der Waals surface area contributed by atoms with Crippen LogP contribution in [0.1, 0.15) is 18.1 Å². The molecule has 8 nitrogen and oxygen atoms in total. The molecule has 0 aliphatic carbocycles. The van der Waals surface area contributed by atoms with E-state index in [0.29, 0.717) is 11.7 Å². The molecule has 3 aromatic rings. The quantitative estimate of drug-likeness (QED) is 0.355. The van der Waals surface area contributed by atoms with Crippen LogP contribution in [-0.2, 0) is 11.3 Å². The Morgan fingerprint density at radius 1 is 1.17 bits per heavy atom. The number of aromatic nitrogens is 3. The summed E-state index contributed by atoms with van der Waals surface area (Å²) in [5.74, 6) is 0.464. The molecule has 0 atom stereocenters. The summed E-state index contributed by atoms with van der Waals surface area (Å²) < 4.78 is 1.94. The molecule has 0 aliphatic rings. The van der Waals surface area contributed by atoms with Gasteiger partial charge in [0, 0.05) is 18.2 Å². The Morgan fingerprint density at radius 3 is 2.52 bits per heavy atom. The number of benzene rings is 2. The number of thioether (sulfide) groups is 1. The lowest BCUT2D eigenvalue weighted by Gasteiger charge is -2.09. The number of nitrogens with zero attached hydrogens (tertiary/aromatic N) is 4. The number of rotatable bonds is 7. The van der Waals surface area contributed by atoms with Gasteiger partial charge in [-0.15, -0.1) is 10.2 Å². The Kier molecular flexibility index (Phi) is 6.28. The third-order valence-corrected chi connectivity index (χ3v) is 5.45. The van der Waals surface area contributed by atoms with Crippen molar-refractivity contribution in [3.63, 3.8) is 0 Å². The number of hydrogen-bond donors (Lipinski definition) is 1. The van der Waals surface area contributed by atoms with E-state index < -0.39 is 4.92 Å². The highest BCUT2D eigenvalue weighted by atomic mass is 32.2. The first kappa shape index (κ1) is 20.5. The number of nitro groups is 1. The molecule has 0 radical (unpaired) electrons. The molecule has 2 aromatic carbocycles. The molecule has 9 heteroatoms. The van der Waals surface area contributed by atoms with Crippen molar-refractivity contribution in [1.82, 2.24) is 14.8 Å². The monoisotopic (exact) mass is 411 g/mol. The lowest BCUT2D eigenvalue weighted by molar-refractivity contribution is -0.384. The summed E-state index contributed by atoms with van der Waals surface area (Å²) in [6, 6.07) is 12.8. The van der Waals surface area contributed by atoms with Crippen LogP contribution in [0.2, 0.25) is 0 Å². The van der Waals surface area contributed by atoms with E-state index in [2.05, 4.69) is 15.5 Å². The zero-order valence-electron chi connectivity index (χ0n) is 16.4. The van der Waals surface area contributed by atoms with E-state index in [9.17, 15) is 14.9 Å². The number of nitro benzene ring substituents is 1. The van der Waals surface area contributed by atoms with Crippen molar-refractivity contribution in [3.8, 4) is 11.4 Å². The molecule has 150 valence electrons. The zero-order valence-corrected chi connectivity index (χ0v) is 17.2. The Balaban J connectivity index is 1.73. The summed E-state index contributed by atoms with van der Waals surface area (Å²) in [5, 5.41) is 23.0. The second-order valence-electron chi connectivity index (χ2n) is 6.46. The van der Waals surface area contributed by atoms with Crippen LogP contribution < -0.4 is 5.32 Å². The van der Waals surface area contributed by atoms with Crippen molar-refractivity contribution >= 4 is 29.0 Å². The molecule has 3 rings (SSSR count). The van der Waals surface area contributed by atoms with Gasteiger partial charge in [-0.2, -0.15) is 0 Å². The van der Waals surface area contributed by atoms with Crippen molar-refractivity contribution in [2.45, 2.75) is 32.5 Å². The van der Waals surface area contributed by atoms with Gasteiger partial charge in [0.2, 0.25) is 5.91 Å². The number of anilines is 1. The van der Waals surface area contributed by atoms with Crippen molar-refractivity contribution in [1.29, 1.82) is 0 Å². The Hall–Kier alpha value is -3.20. The average Bonchev–Trinajstić information content (AvgIpc) is 3.12. The first-order valence-corrected chi connectivity index (χ1v) is 10.1. The van der Waals surface area contributed by atoms with Crippen molar-refractivity contribution in [2.24, 2.45) is 0 Å². The summed E-state index contributed by atoms with van der Waals surface area (Å²) in [4.78, 5) is 23.2. The first-order valence-electron chi connectivity index (χ1n) is 9.07. The van der Waals surface area contributed by atoms with Crippen molar-refractivity contribution in [2.75, 3.05) is 11.1 Å². The summed E-state index contributed by atoms with van der Waals surface area (Å²) in [5.41, 5.74) is 2.70. The van der Waals surface area contributed by atoms with Gasteiger partial charge >= 0.3 is 0 Å². The van der Waals surface area contributed by atoms with E-state index in [1.165, 1.54) is 17.8 Å². The number of carbonyl (C=O) groups is 1. The Morgan fingerprint density at radius 2 is 1.86 bits per heavy atom. The number of hydrogen-bond acceptors (Lipinski definition) is 6. The standard InChI is InChI=1S/C20H21N5O3S/c1-4-24-19(15-8-6-5-7-9-15)22-23-20(24)29-12-18(26)21-16-10-13(2)14(3)11-17(16)25(27)28/h5-11H,4,12H2,1-3H3,(H,21,26). The predicted molar refractivity (Wildman–Crippen MR) is 113 cm³/mol. The largest absolute Gasteiger partial charge is 0.320 e. The Labute approximate surface area is 172 Å². The van der Waals surface area contributed by atoms with Gasteiger partial charge in [0.25, 0.3) is 5.69 Å². The maximum absolute atomic E-state index is 12.4. The van der Waals surface area contributed by atoms with Gasteiger partial charge in [0.15, 0.2) is 11.0 Å². The topological polar surface area (TPSA) is 103 Å². The minimum absolute atomic E-state index is 0.0665. The first-order chi connectivity index (χ1) is 13.9. The minimum atomic E-state index is -0.491. The summed E-state index contributed by atoms with van der Waals surface area (Å²) in [6.07, 6.45) is 0. The molecule has 29 heavy (non-hydrogen) atoms. The molecule has 1 amide bonds. The van der Waals surface area contributed by atoms with Crippen LogP contribution in [0.4, 0.5) is 11.4 Å². The third kappa shape index (κ3) is 4.62. The third-order valence-electron chi connectivity index (χ3n) is 4.48. The lowest BCUT2D eigenvalue weighted by Crippen LogP contribution is -2.16. The average molecular weight is 411 g/mol. The lowest BCUT2D eigenvalue weighted by atomic mass is 10.1. The maximum atomic E-state index is 12.4. The highest BCUT2D eigenvalue weighted by molar-refractivity contribution is 7.99. The van der Waals surface area contributed by atoms with E-state index >= 15 is 0 Å². The number of carbonyl (C=O) groups excluding carboxylic acids is 1. The number of nitrogens with one attached hydrogen (secondary N) is 1. The second-order valence-corrected chi connectivity index (χ2v) is 7.41. The molecule has 0 spiro atoms. The van der Waals surface area contributed by atoms with E-state index in [4.69, 9.17) is 0 Å². The second kappa shape index (κ2) is 8.87. The van der Waals surface area contributed by atoms with Gasteiger partial charge in [0.1, 0.15) is 5.69 Å². The molecule has 0 fully saturated rings. The SMILES string of the molecule is CCn1c(SCC(=O)Nc2cc(C)c(C)cc2[N+](=O)[O-])nnc1-c1ccccc1. The molecule has 0 bridgehead atoms. The van der Waals surface area contributed by atoms with Crippen molar-refractivity contribution in [3.05, 3.63) is 63.7 Å². The maximum Gasteiger partial charge on any atom is 0.293 e. The van der Waals surface area contributed by atoms with Gasteiger partial charge in [0.05, 0.1) is 10.7 Å². The molecule has 0 unspecified atom stereocenters. The molecular weight excluding hydrogens is 390 g/mol.